The molecule has 0 radical (unpaired) electrons. The molecule has 0 aliphatic heterocycles. The van der Waals surface area contributed by atoms with Gasteiger partial charge in [0.1, 0.15) is 0 Å². The molecule has 9 atom stereocenters. The van der Waals surface area contributed by atoms with Crippen molar-refractivity contribution < 1.29 is 5.11 Å². The molecule has 0 aromatic rings. The summed E-state index contributed by atoms with van der Waals surface area (Å²) in [7, 11) is 0. The van der Waals surface area contributed by atoms with Gasteiger partial charge in [-0.1, -0.05) is 171 Å². The minimum Gasteiger partial charge on any atom is -0.393 e. The van der Waals surface area contributed by atoms with Gasteiger partial charge in [-0.15, -0.1) is 6.58 Å². The third-order valence-corrected chi connectivity index (χ3v) is 15.8. The standard InChI is InChI=1S/C29H52O.C19H38/c1-19(2)9-8-10-20(3)22-12-13-23-21-11-14-25-27(4,5)26(30)16-18-29(25,7)24(21)15-17-28(22,23)6;1-3-5-7-9-11-13-15-17-19-18-16-14-12-10-8-6-4-2/h19-26,30H,8-18H2,1-7H3;3H,1,4-19H2,2H3/t20-,21+,22-,23+,24+,25?,26?,28-,29-;/m1./s1. The van der Waals surface area contributed by atoms with E-state index in [9.17, 15) is 5.11 Å². The minimum absolute atomic E-state index is 0.0940. The SMILES string of the molecule is C=CCCCCCCCCCCCCCCCCC.CC(C)CCC[C@@H](C)[C@H]1CC[C@H]2[C@@H]3CCC4C(C)(C)C(O)CC[C@]4(C)[C@H]3CC[C@]12C. The molecule has 0 heterocycles. The molecule has 4 aliphatic rings. The summed E-state index contributed by atoms with van der Waals surface area (Å²) < 4.78 is 0. The highest BCUT2D eigenvalue weighted by atomic mass is 16.3. The van der Waals surface area contributed by atoms with Gasteiger partial charge in [-0.3, -0.25) is 0 Å². The van der Waals surface area contributed by atoms with Crippen molar-refractivity contribution >= 4 is 0 Å². The van der Waals surface area contributed by atoms with E-state index in [0.717, 1.165) is 41.9 Å². The highest BCUT2D eigenvalue weighted by Crippen LogP contribution is 2.70. The van der Waals surface area contributed by atoms with Gasteiger partial charge in [0.25, 0.3) is 0 Å². The predicted octanol–water partition coefficient (Wildman–Crippen LogP) is 15.5. The zero-order valence-corrected chi connectivity index (χ0v) is 34.9. The molecule has 4 saturated carbocycles. The van der Waals surface area contributed by atoms with Crippen molar-refractivity contribution in [3.8, 4) is 0 Å². The number of unbranched alkanes of at least 4 members (excludes halogenated alkanes) is 15. The summed E-state index contributed by atoms with van der Waals surface area (Å²) in [4.78, 5) is 0. The number of fused-ring (bicyclic) bond motifs is 5. The molecule has 4 aliphatic carbocycles. The summed E-state index contributed by atoms with van der Waals surface area (Å²) in [5.41, 5.74) is 1.17. The van der Waals surface area contributed by atoms with Crippen LogP contribution >= 0.6 is 0 Å². The van der Waals surface area contributed by atoms with Crippen molar-refractivity contribution in [2.75, 3.05) is 0 Å². The lowest BCUT2D eigenvalue weighted by Gasteiger charge is -2.64. The van der Waals surface area contributed by atoms with Crippen LogP contribution in [0.15, 0.2) is 12.7 Å². The Labute approximate surface area is 309 Å². The van der Waals surface area contributed by atoms with Crippen LogP contribution in [0.3, 0.4) is 0 Å². The maximum Gasteiger partial charge on any atom is 0.0594 e. The van der Waals surface area contributed by atoms with E-state index in [0.29, 0.717) is 16.7 Å². The highest BCUT2D eigenvalue weighted by Gasteiger charge is 2.63. The number of aliphatic hydroxyl groups excluding tert-OH is 1. The fourth-order valence-electron chi connectivity index (χ4n) is 12.8. The van der Waals surface area contributed by atoms with Gasteiger partial charge in [-0.05, 0) is 122 Å². The molecule has 0 aromatic carbocycles. The van der Waals surface area contributed by atoms with Crippen molar-refractivity contribution in [1.29, 1.82) is 0 Å². The molecule has 4 rings (SSSR count). The quantitative estimate of drug-likeness (QED) is 0.0943. The van der Waals surface area contributed by atoms with Gasteiger partial charge in [0, 0.05) is 0 Å². The fourth-order valence-corrected chi connectivity index (χ4v) is 12.8. The Balaban J connectivity index is 0.000000298. The Kier molecular flexibility index (Phi) is 18.8. The van der Waals surface area contributed by atoms with Crippen molar-refractivity contribution in [3.63, 3.8) is 0 Å². The first-order chi connectivity index (χ1) is 23.4. The van der Waals surface area contributed by atoms with E-state index in [2.05, 4.69) is 62.0 Å². The predicted molar refractivity (Wildman–Crippen MR) is 218 cm³/mol. The third kappa shape index (κ3) is 11.8. The third-order valence-electron chi connectivity index (χ3n) is 15.8. The zero-order valence-electron chi connectivity index (χ0n) is 34.9. The number of hydrogen-bond donors (Lipinski definition) is 1. The monoisotopic (exact) mass is 683 g/mol. The van der Waals surface area contributed by atoms with E-state index < -0.39 is 0 Å². The second-order valence-corrected chi connectivity index (χ2v) is 19.9. The molecule has 288 valence electrons. The van der Waals surface area contributed by atoms with Crippen LogP contribution in [-0.2, 0) is 0 Å². The molecule has 2 unspecified atom stereocenters. The van der Waals surface area contributed by atoms with E-state index in [4.69, 9.17) is 0 Å². The lowest BCUT2D eigenvalue weighted by atomic mass is 9.41. The van der Waals surface area contributed by atoms with Crippen molar-refractivity contribution in [3.05, 3.63) is 12.7 Å². The smallest absolute Gasteiger partial charge is 0.0594 e. The molecule has 0 spiro atoms. The first kappa shape index (κ1) is 43.1. The second kappa shape index (κ2) is 21.4. The van der Waals surface area contributed by atoms with Crippen LogP contribution in [0, 0.1) is 57.7 Å². The number of aliphatic hydroxyl groups is 1. The molecule has 0 aromatic heterocycles. The van der Waals surface area contributed by atoms with Crippen LogP contribution in [-0.4, -0.2) is 11.2 Å². The van der Waals surface area contributed by atoms with Gasteiger partial charge in [0.05, 0.1) is 6.10 Å². The normalized spacial score (nSPS) is 34.0. The van der Waals surface area contributed by atoms with Crippen molar-refractivity contribution in [2.24, 2.45) is 57.7 Å². The van der Waals surface area contributed by atoms with E-state index in [1.54, 1.807) is 0 Å². The summed E-state index contributed by atoms with van der Waals surface area (Å²) in [6.07, 6.45) is 40.2. The van der Waals surface area contributed by atoms with E-state index in [1.807, 2.05) is 6.08 Å². The van der Waals surface area contributed by atoms with E-state index >= 15 is 0 Å². The molecule has 49 heavy (non-hydrogen) atoms. The Morgan fingerprint density at radius 2 is 1.14 bits per heavy atom. The first-order valence-electron chi connectivity index (χ1n) is 22.7. The summed E-state index contributed by atoms with van der Waals surface area (Å²) in [6.45, 7) is 23.5. The van der Waals surface area contributed by atoms with Gasteiger partial charge < -0.3 is 5.11 Å². The van der Waals surface area contributed by atoms with Crippen LogP contribution in [0.2, 0.25) is 0 Å². The molecule has 4 fully saturated rings. The average molecular weight is 683 g/mol. The number of hydrogen-bond acceptors (Lipinski definition) is 1. The van der Waals surface area contributed by atoms with Gasteiger partial charge >= 0.3 is 0 Å². The zero-order chi connectivity index (χ0) is 35.9. The van der Waals surface area contributed by atoms with Gasteiger partial charge in [-0.2, -0.15) is 0 Å². The van der Waals surface area contributed by atoms with Crippen molar-refractivity contribution in [2.45, 2.75) is 235 Å². The molecular weight excluding hydrogens is 593 g/mol. The average Bonchev–Trinajstić information content (AvgIpc) is 3.42. The second-order valence-electron chi connectivity index (χ2n) is 19.9. The van der Waals surface area contributed by atoms with Crippen molar-refractivity contribution in [1.82, 2.24) is 0 Å². The Morgan fingerprint density at radius 1 is 0.612 bits per heavy atom. The maximum absolute atomic E-state index is 10.8. The lowest BCUT2D eigenvalue weighted by Crippen LogP contribution is -2.59. The highest BCUT2D eigenvalue weighted by molar-refractivity contribution is 5.12. The summed E-state index contributed by atoms with van der Waals surface area (Å²) in [5.74, 6) is 6.29. The molecule has 0 amide bonds. The Morgan fingerprint density at radius 3 is 1.69 bits per heavy atom. The summed E-state index contributed by atoms with van der Waals surface area (Å²) in [6, 6.07) is 0. The molecule has 1 nitrogen and oxygen atoms in total. The first-order valence-corrected chi connectivity index (χ1v) is 22.7. The molecule has 0 bridgehead atoms. The summed E-state index contributed by atoms with van der Waals surface area (Å²) >= 11 is 0. The van der Waals surface area contributed by atoms with Gasteiger partial charge in [0.2, 0.25) is 0 Å². The molecule has 0 saturated heterocycles. The van der Waals surface area contributed by atoms with Crippen LogP contribution in [0.4, 0.5) is 0 Å². The van der Waals surface area contributed by atoms with E-state index in [-0.39, 0.29) is 11.5 Å². The van der Waals surface area contributed by atoms with Crippen LogP contribution in [0.5, 0.6) is 0 Å². The maximum atomic E-state index is 10.8. The molecular formula is C48H90O. The Bertz CT molecular complexity index is 888. The number of rotatable bonds is 21. The lowest BCUT2D eigenvalue weighted by molar-refractivity contribution is -0.179. The fraction of sp³-hybridized carbons (Fsp3) is 0.958. The molecule has 1 heteroatoms. The largest absolute Gasteiger partial charge is 0.393 e. The topological polar surface area (TPSA) is 20.2 Å². The van der Waals surface area contributed by atoms with Crippen LogP contribution < -0.4 is 0 Å². The van der Waals surface area contributed by atoms with E-state index in [1.165, 1.54) is 167 Å². The number of allylic oxidation sites excluding steroid dienone is 1. The van der Waals surface area contributed by atoms with Crippen LogP contribution in [0.25, 0.3) is 0 Å². The minimum atomic E-state index is -0.0940. The summed E-state index contributed by atoms with van der Waals surface area (Å²) in [5, 5.41) is 10.8. The van der Waals surface area contributed by atoms with Gasteiger partial charge in [-0.25, -0.2) is 0 Å². The Hall–Kier alpha value is -0.300. The molecule has 1 N–H and O–H groups in total. The van der Waals surface area contributed by atoms with Gasteiger partial charge in [0.15, 0.2) is 0 Å². The van der Waals surface area contributed by atoms with Crippen LogP contribution in [0.1, 0.15) is 229 Å².